The highest BCUT2D eigenvalue weighted by molar-refractivity contribution is 7.89. The van der Waals surface area contributed by atoms with Gasteiger partial charge in [-0.05, 0) is 30.7 Å². The van der Waals surface area contributed by atoms with Crippen LogP contribution in [0.1, 0.15) is 12.1 Å². The molecule has 1 aromatic carbocycles. The van der Waals surface area contributed by atoms with E-state index in [9.17, 15) is 18.0 Å². The standard InChI is InChI=1S/C21H26N4O7S/c1-30-17-8-7-16(12-18(17)31-2)33(28,29)25-10-5-11-32-19(25)14-24-21(27)20(26)23-13-15-6-3-4-9-22-15/h3-4,6-9,12,19H,5,10-11,13-14H2,1-2H3,(H,23,26)(H,24,27)/t19-/m1/s1. The minimum absolute atomic E-state index is 0.00455. The molecule has 3 rings (SSSR count). The average molecular weight is 479 g/mol. The quantitative estimate of drug-likeness (QED) is 0.516. The monoisotopic (exact) mass is 478 g/mol. The Kier molecular flexibility index (Phi) is 8.20. The Labute approximate surface area is 192 Å². The van der Waals surface area contributed by atoms with Crippen LogP contribution in [0.15, 0.2) is 47.5 Å². The van der Waals surface area contributed by atoms with E-state index in [-0.39, 0.29) is 30.3 Å². The van der Waals surface area contributed by atoms with Gasteiger partial charge in [0.15, 0.2) is 11.5 Å². The molecule has 0 aliphatic carbocycles. The Morgan fingerprint density at radius 2 is 1.88 bits per heavy atom. The summed E-state index contributed by atoms with van der Waals surface area (Å²) in [5.41, 5.74) is 0.599. The molecule has 1 atom stereocenters. The first-order valence-electron chi connectivity index (χ1n) is 10.2. The van der Waals surface area contributed by atoms with Gasteiger partial charge in [0.2, 0.25) is 10.0 Å². The van der Waals surface area contributed by atoms with Crippen molar-refractivity contribution in [3.05, 3.63) is 48.3 Å². The molecule has 2 aromatic rings. The molecule has 11 nitrogen and oxygen atoms in total. The molecule has 1 aliphatic heterocycles. The second kappa shape index (κ2) is 11.1. The van der Waals surface area contributed by atoms with Crippen LogP contribution in [0.4, 0.5) is 0 Å². The van der Waals surface area contributed by atoms with Gasteiger partial charge in [0, 0.05) is 18.8 Å². The number of hydrogen-bond acceptors (Lipinski definition) is 8. The number of benzene rings is 1. The second-order valence-corrected chi connectivity index (χ2v) is 8.92. The molecule has 1 aliphatic rings. The first kappa shape index (κ1) is 24.4. The molecule has 0 spiro atoms. The first-order valence-corrected chi connectivity index (χ1v) is 11.6. The van der Waals surface area contributed by atoms with E-state index in [1.54, 1.807) is 24.4 Å². The Bertz CT molecular complexity index is 1080. The van der Waals surface area contributed by atoms with Gasteiger partial charge in [0.25, 0.3) is 0 Å². The van der Waals surface area contributed by atoms with Crippen LogP contribution in [0.5, 0.6) is 11.5 Å². The number of amides is 2. The third kappa shape index (κ3) is 5.97. The summed E-state index contributed by atoms with van der Waals surface area (Å²) in [6.07, 6.45) is 1.10. The number of carbonyl (C=O) groups excluding carboxylic acids is 2. The minimum Gasteiger partial charge on any atom is -0.493 e. The van der Waals surface area contributed by atoms with Gasteiger partial charge in [-0.15, -0.1) is 0 Å². The molecule has 2 N–H and O–H groups in total. The lowest BCUT2D eigenvalue weighted by Crippen LogP contribution is -2.53. The largest absolute Gasteiger partial charge is 0.493 e. The zero-order valence-electron chi connectivity index (χ0n) is 18.3. The fourth-order valence-electron chi connectivity index (χ4n) is 3.23. The van der Waals surface area contributed by atoms with E-state index in [0.717, 1.165) is 4.31 Å². The number of pyridine rings is 1. The number of methoxy groups -OCH3 is 2. The van der Waals surface area contributed by atoms with E-state index in [1.165, 1.54) is 32.4 Å². The molecule has 1 aromatic heterocycles. The number of aromatic nitrogens is 1. The molecule has 178 valence electrons. The van der Waals surface area contributed by atoms with Gasteiger partial charge < -0.3 is 24.8 Å². The molecule has 0 saturated carbocycles. The maximum absolute atomic E-state index is 13.3. The molecule has 0 unspecified atom stereocenters. The molecule has 2 heterocycles. The average Bonchev–Trinajstić information content (AvgIpc) is 2.86. The number of rotatable bonds is 8. The highest BCUT2D eigenvalue weighted by Gasteiger charge is 2.35. The van der Waals surface area contributed by atoms with Crippen molar-refractivity contribution < 1.29 is 32.2 Å². The second-order valence-electron chi connectivity index (χ2n) is 7.03. The topological polar surface area (TPSA) is 136 Å². The van der Waals surface area contributed by atoms with E-state index < -0.39 is 28.1 Å². The molecular formula is C21H26N4O7S. The zero-order chi connectivity index (χ0) is 23.8. The summed E-state index contributed by atoms with van der Waals surface area (Å²) in [6.45, 7) is 0.419. The van der Waals surface area contributed by atoms with Crippen LogP contribution < -0.4 is 20.1 Å². The summed E-state index contributed by atoms with van der Waals surface area (Å²) < 4.78 is 43.6. The Hall–Kier alpha value is -3.22. The van der Waals surface area contributed by atoms with E-state index in [2.05, 4.69) is 15.6 Å². The summed E-state index contributed by atoms with van der Waals surface area (Å²) in [5.74, 6) is -1.09. The lowest BCUT2D eigenvalue weighted by Gasteiger charge is -2.34. The van der Waals surface area contributed by atoms with E-state index in [0.29, 0.717) is 24.5 Å². The van der Waals surface area contributed by atoms with Crippen molar-refractivity contribution in [2.75, 3.05) is 33.9 Å². The van der Waals surface area contributed by atoms with Gasteiger partial charge in [-0.3, -0.25) is 14.6 Å². The summed E-state index contributed by atoms with van der Waals surface area (Å²) in [7, 11) is -1.10. The molecular weight excluding hydrogens is 452 g/mol. The molecule has 0 radical (unpaired) electrons. The molecule has 0 bridgehead atoms. The molecule has 1 fully saturated rings. The smallest absolute Gasteiger partial charge is 0.309 e. The van der Waals surface area contributed by atoms with E-state index >= 15 is 0 Å². The van der Waals surface area contributed by atoms with Crippen molar-refractivity contribution in [3.8, 4) is 11.5 Å². The Morgan fingerprint density at radius 1 is 1.12 bits per heavy atom. The lowest BCUT2D eigenvalue weighted by molar-refractivity contribution is -0.140. The Balaban J connectivity index is 1.65. The van der Waals surface area contributed by atoms with Crippen molar-refractivity contribution in [2.24, 2.45) is 0 Å². The maximum atomic E-state index is 13.3. The zero-order valence-corrected chi connectivity index (χ0v) is 19.1. The third-order valence-electron chi connectivity index (χ3n) is 4.92. The lowest BCUT2D eigenvalue weighted by atomic mass is 10.3. The van der Waals surface area contributed by atoms with Crippen LogP contribution in [0.25, 0.3) is 0 Å². The third-order valence-corrected chi connectivity index (χ3v) is 6.80. The van der Waals surface area contributed by atoms with Gasteiger partial charge in [-0.2, -0.15) is 4.31 Å². The SMILES string of the molecule is COc1ccc(S(=O)(=O)N2CCCO[C@@H]2CNC(=O)C(=O)NCc2ccccn2)cc1OC. The first-order chi connectivity index (χ1) is 15.9. The van der Waals surface area contributed by atoms with Crippen molar-refractivity contribution in [1.82, 2.24) is 19.9 Å². The molecule has 12 heteroatoms. The molecule has 1 saturated heterocycles. The van der Waals surface area contributed by atoms with Gasteiger partial charge in [0.05, 0.1) is 44.5 Å². The van der Waals surface area contributed by atoms with Crippen LogP contribution in [0.3, 0.4) is 0 Å². The van der Waals surface area contributed by atoms with E-state index in [1.807, 2.05) is 0 Å². The van der Waals surface area contributed by atoms with Gasteiger partial charge >= 0.3 is 11.8 Å². The Morgan fingerprint density at radius 3 is 2.58 bits per heavy atom. The predicted molar refractivity (Wildman–Crippen MR) is 117 cm³/mol. The fourth-order valence-corrected chi connectivity index (χ4v) is 4.81. The fraction of sp³-hybridized carbons (Fsp3) is 0.381. The normalized spacial score (nSPS) is 16.6. The van der Waals surface area contributed by atoms with Crippen molar-refractivity contribution in [1.29, 1.82) is 0 Å². The van der Waals surface area contributed by atoms with Gasteiger partial charge in [-0.25, -0.2) is 8.42 Å². The number of sulfonamides is 1. The van der Waals surface area contributed by atoms with Crippen molar-refractivity contribution in [3.63, 3.8) is 0 Å². The maximum Gasteiger partial charge on any atom is 0.309 e. The number of carbonyl (C=O) groups is 2. The van der Waals surface area contributed by atoms with Crippen molar-refractivity contribution >= 4 is 21.8 Å². The van der Waals surface area contributed by atoms with Crippen LogP contribution in [-0.4, -0.2) is 69.7 Å². The van der Waals surface area contributed by atoms with Gasteiger partial charge in [-0.1, -0.05) is 6.07 Å². The number of nitrogens with zero attached hydrogens (tertiary/aromatic N) is 2. The minimum atomic E-state index is -3.97. The van der Waals surface area contributed by atoms with Crippen molar-refractivity contribution in [2.45, 2.75) is 24.1 Å². The van der Waals surface area contributed by atoms with Crippen LogP contribution >= 0.6 is 0 Å². The number of hydrogen-bond donors (Lipinski definition) is 2. The highest BCUT2D eigenvalue weighted by Crippen LogP contribution is 2.31. The van der Waals surface area contributed by atoms with Crippen LogP contribution in [0.2, 0.25) is 0 Å². The number of nitrogens with one attached hydrogen (secondary N) is 2. The molecule has 33 heavy (non-hydrogen) atoms. The summed E-state index contributed by atoms with van der Waals surface area (Å²) >= 11 is 0. The van der Waals surface area contributed by atoms with Crippen LogP contribution in [-0.2, 0) is 30.9 Å². The van der Waals surface area contributed by atoms with Crippen LogP contribution in [0, 0.1) is 0 Å². The summed E-state index contributed by atoms with van der Waals surface area (Å²) in [4.78, 5) is 28.3. The number of ether oxygens (including phenoxy) is 3. The summed E-state index contributed by atoms with van der Waals surface area (Å²) in [5, 5.41) is 4.90. The summed E-state index contributed by atoms with van der Waals surface area (Å²) in [6, 6.07) is 9.49. The van der Waals surface area contributed by atoms with Gasteiger partial charge in [0.1, 0.15) is 6.23 Å². The van der Waals surface area contributed by atoms with E-state index in [4.69, 9.17) is 14.2 Å². The predicted octanol–water partition coefficient (Wildman–Crippen LogP) is 0.269. The molecule has 2 amide bonds. The highest BCUT2D eigenvalue weighted by atomic mass is 32.2.